The zero-order valence-electron chi connectivity index (χ0n) is 6.97. The van der Waals surface area contributed by atoms with Gasteiger partial charge in [0, 0.05) is 0 Å². The number of carbonyl (C=O) groups is 2. The highest BCUT2D eigenvalue weighted by molar-refractivity contribution is 5.95. The molecule has 0 fully saturated rings. The van der Waals surface area contributed by atoms with E-state index in [2.05, 4.69) is 9.68 Å². The van der Waals surface area contributed by atoms with E-state index in [1.807, 2.05) is 0 Å². The minimum atomic E-state index is -0.679. The van der Waals surface area contributed by atoms with Crippen LogP contribution in [-0.2, 0) is 9.68 Å². The zero-order valence-corrected chi connectivity index (χ0v) is 6.97. The molecule has 0 saturated carbocycles. The molecule has 1 aliphatic rings. The predicted molar refractivity (Wildman–Crippen MR) is 43.3 cm³/mol. The smallest absolute Gasteiger partial charge is 0.314 e. The third-order valence-electron chi connectivity index (χ3n) is 1.68. The van der Waals surface area contributed by atoms with Crippen molar-refractivity contribution in [1.82, 2.24) is 5.34 Å². The Balaban J connectivity index is 2.49. The molecule has 6 nitrogen and oxygen atoms in total. The van der Waals surface area contributed by atoms with Crippen molar-refractivity contribution in [3.05, 3.63) is 35.4 Å². The molecule has 0 radical (unpaired) electrons. The molecule has 14 heavy (non-hydrogen) atoms. The van der Waals surface area contributed by atoms with Gasteiger partial charge < -0.3 is 9.68 Å². The number of carbonyl (C=O) groups excluding carboxylic acids is 2. The summed E-state index contributed by atoms with van der Waals surface area (Å²) in [5, 5.41) is 0.241. The van der Waals surface area contributed by atoms with Crippen molar-refractivity contribution in [2.45, 2.75) is 0 Å². The molecule has 0 saturated heterocycles. The number of benzene rings is 1. The van der Waals surface area contributed by atoms with Crippen LogP contribution in [0.4, 0.5) is 0 Å². The van der Waals surface area contributed by atoms with Gasteiger partial charge in [-0.05, 0) is 18.2 Å². The van der Waals surface area contributed by atoms with Crippen LogP contribution in [0, 0.1) is 0 Å². The first-order chi connectivity index (χ1) is 6.66. The molecule has 0 unspecified atom stereocenters. The summed E-state index contributed by atoms with van der Waals surface area (Å²) in [5.74, 6) is 3.70. The maximum absolute atomic E-state index is 11.2. The van der Waals surface area contributed by atoms with Gasteiger partial charge in [0.1, 0.15) is 5.34 Å². The average molecular weight is 194 g/mol. The normalized spacial score (nSPS) is 16.6. The van der Waals surface area contributed by atoms with Crippen LogP contribution >= 0.6 is 0 Å². The molecule has 1 aromatic carbocycles. The molecule has 0 aromatic heterocycles. The summed E-state index contributed by atoms with van der Waals surface area (Å²) in [6.45, 7) is 0. The highest BCUT2D eigenvalue weighted by Crippen LogP contribution is 2.12. The highest BCUT2D eigenvalue weighted by Gasteiger charge is 2.21. The van der Waals surface area contributed by atoms with Crippen molar-refractivity contribution < 1.29 is 19.3 Å². The fraction of sp³-hybridized carbons (Fsp3) is 0. The lowest BCUT2D eigenvalue weighted by Crippen LogP contribution is -2.37. The van der Waals surface area contributed by atoms with Crippen LogP contribution < -0.4 is 5.84 Å². The molecule has 2 N–H and O–H groups in total. The van der Waals surface area contributed by atoms with Crippen LogP contribution in [0.1, 0.15) is 20.7 Å². The third-order valence-corrected chi connectivity index (χ3v) is 1.68. The highest BCUT2D eigenvalue weighted by atomic mass is 17.0. The summed E-state index contributed by atoms with van der Waals surface area (Å²) in [5.41, 5.74) is 0.490. The van der Waals surface area contributed by atoms with Gasteiger partial charge in [0.05, 0.1) is 11.1 Å². The molecule has 2 rings (SSSR count). The predicted octanol–water partition coefficient (Wildman–Crippen LogP) is 0.0195. The topological polar surface area (TPSA) is 81.9 Å². The minimum Gasteiger partial charge on any atom is -0.314 e. The molecule has 1 aromatic rings. The first-order valence-corrected chi connectivity index (χ1v) is 3.76. The fourth-order valence-corrected chi connectivity index (χ4v) is 1.06. The zero-order chi connectivity index (χ0) is 10.1. The van der Waals surface area contributed by atoms with Gasteiger partial charge in [-0.25, -0.2) is 9.59 Å². The molecule has 1 heterocycles. The van der Waals surface area contributed by atoms with Crippen LogP contribution in [0.2, 0.25) is 0 Å². The van der Waals surface area contributed by atoms with Gasteiger partial charge in [0.2, 0.25) is 0 Å². The Labute approximate surface area is 78.7 Å². The number of hydrogen-bond donors (Lipinski definition) is 1. The van der Waals surface area contributed by atoms with Gasteiger partial charge in [-0.3, -0.25) is 0 Å². The minimum absolute atomic E-state index is 0.241. The summed E-state index contributed by atoms with van der Waals surface area (Å²) in [6, 6.07) is 5.95. The number of hydrogen-bond acceptors (Lipinski definition) is 6. The van der Waals surface area contributed by atoms with Gasteiger partial charge in [-0.1, -0.05) is 6.07 Å². The third kappa shape index (κ3) is 1.43. The van der Waals surface area contributed by atoms with E-state index in [0.717, 1.165) is 0 Å². The Hall–Kier alpha value is -1.92. The Bertz CT molecular complexity index is 371. The molecule has 6 heteroatoms. The number of nitrogens with zero attached hydrogens (tertiary/aromatic N) is 1. The molecule has 0 amide bonds. The second-order valence-corrected chi connectivity index (χ2v) is 2.62. The molecule has 1 aliphatic heterocycles. The number of hydrazine groups is 1. The maximum Gasteiger partial charge on any atom is 0.362 e. The lowest BCUT2D eigenvalue weighted by atomic mass is 10.1. The van der Waals surface area contributed by atoms with E-state index >= 15 is 0 Å². The van der Waals surface area contributed by atoms with Crippen molar-refractivity contribution in [3.8, 4) is 0 Å². The SMILES string of the molecule is NN1OC(=O)c2cccc(c2)C(=O)O1. The van der Waals surface area contributed by atoms with Crippen molar-refractivity contribution in [1.29, 1.82) is 0 Å². The molecule has 0 aliphatic carbocycles. The van der Waals surface area contributed by atoms with Crippen LogP contribution in [0.5, 0.6) is 0 Å². The molecule has 0 atom stereocenters. The van der Waals surface area contributed by atoms with E-state index in [1.54, 1.807) is 6.07 Å². The van der Waals surface area contributed by atoms with Gasteiger partial charge in [-0.15, -0.1) is 0 Å². The maximum atomic E-state index is 11.2. The summed E-state index contributed by atoms with van der Waals surface area (Å²) in [4.78, 5) is 31.3. The second-order valence-electron chi connectivity index (χ2n) is 2.62. The standard InChI is InChI=1S/C8H6N2O4/c9-10-13-7(11)5-2-1-3-6(4-5)8(12)14-10/h1-4H,9H2. The first-order valence-electron chi connectivity index (χ1n) is 3.76. The van der Waals surface area contributed by atoms with E-state index in [0.29, 0.717) is 0 Å². The van der Waals surface area contributed by atoms with E-state index in [-0.39, 0.29) is 16.5 Å². The Kier molecular flexibility index (Phi) is 1.91. The molecular weight excluding hydrogens is 188 g/mol. The lowest BCUT2D eigenvalue weighted by molar-refractivity contribution is -0.302. The van der Waals surface area contributed by atoms with Crippen LogP contribution in [0.25, 0.3) is 0 Å². The summed E-state index contributed by atoms with van der Waals surface area (Å²) < 4.78 is 0. The summed E-state index contributed by atoms with van der Waals surface area (Å²) in [7, 11) is 0. The van der Waals surface area contributed by atoms with E-state index in [1.165, 1.54) is 18.2 Å². The average Bonchev–Trinajstić information content (AvgIpc) is 2.16. The largest absolute Gasteiger partial charge is 0.362 e. The van der Waals surface area contributed by atoms with Crippen LogP contribution in [-0.4, -0.2) is 17.3 Å². The molecule has 2 bridgehead atoms. The van der Waals surface area contributed by atoms with Crippen LogP contribution in [0.3, 0.4) is 0 Å². The van der Waals surface area contributed by atoms with Crippen molar-refractivity contribution in [2.75, 3.05) is 0 Å². The quantitative estimate of drug-likeness (QED) is 0.586. The molecular formula is C8H6N2O4. The lowest BCUT2D eigenvalue weighted by Gasteiger charge is -2.16. The van der Waals surface area contributed by atoms with Gasteiger partial charge in [-0.2, -0.15) is 5.84 Å². The molecule has 72 valence electrons. The van der Waals surface area contributed by atoms with Gasteiger partial charge >= 0.3 is 11.9 Å². The summed E-state index contributed by atoms with van der Waals surface area (Å²) in [6.07, 6.45) is 0. The summed E-state index contributed by atoms with van der Waals surface area (Å²) >= 11 is 0. The Morgan fingerprint density at radius 2 is 1.57 bits per heavy atom. The van der Waals surface area contributed by atoms with Gasteiger partial charge in [0.15, 0.2) is 0 Å². The first kappa shape index (κ1) is 8.67. The Morgan fingerprint density at radius 3 is 2.07 bits per heavy atom. The van der Waals surface area contributed by atoms with E-state index < -0.39 is 11.9 Å². The Morgan fingerprint density at radius 1 is 1.07 bits per heavy atom. The van der Waals surface area contributed by atoms with E-state index in [4.69, 9.17) is 5.84 Å². The van der Waals surface area contributed by atoms with Crippen molar-refractivity contribution in [2.24, 2.45) is 5.84 Å². The number of nitrogens with two attached hydrogens (primary N) is 1. The monoisotopic (exact) mass is 194 g/mol. The van der Waals surface area contributed by atoms with Crippen LogP contribution in [0.15, 0.2) is 24.3 Å². The van der Waals surface area contributed by atoms with Gasteiger partial charge in [0.25, 0.3) is 0 Å². The van der Waals surface area contributed by atoms with E-state index in [9.17, 15) is 9.59 Å². The molecule has 0 spiro atoms. The number of rotatable bonds is 0. The second kappa shape index (κ2) is 3.09. The van der Waals surface area contributed by atoms with Crippen molar-refractivity contribution >= 4 is 11.9 Å². The van der Waals surface area contributed by atoms with Crippen molar-refractivity contribution in [3.63, 3.8) is 0 Å². The fourth-order valence-electron chi connectivity index (χ4n) is 1.06. The number of fused-ring (bicyclic) bond motifs is 2.